The number of hydrogen-bond donors (Lipinski definition) is 2. The molecule has 0 aliphatic carbocycles. The van der Waals surface area contributed by atoms with Crippen molar-refractivity contribution in [1.29, 1.82) is 0 Å². The second-order valence-corrected chi connectivity index (χ2v) is 7.69. The number of aromatic nitrogens is 2. The van der Waals surface area contributed by atoms with Crippen LogP contribution in [-0.2, 0) is 11.0 Å². The summed E-state index contributed by atoms with van der Waals surface area (Å²) in [7, 11) is 0. The molecule has 0 radical (unpaired) electrons. The van der Waals surface area contributed by atoms with Crippen molar-refractivity contribution in [2.24, 2.45) is 10.7 Å². The molecule has 0 bridgehead atoms. The summed E-state index contributed by atoms with van der Waals surface area (Å²) in [5.41, 5.74) is 5.60. The zero-order chi connectivity index (χ0) is 30.1. The molecule has 1 unspecified atom stereocenters. The van der Waals surface area contributed by atoms with Crippen molar-refractivity contribution in [3.05, 3.63) is 103 Å². The smallest absolute Gasteiger partial charge is 0.404 e. The average molecular weight is 557 g/mol. The summed E-state index contributed by atoms with van der Waals surface area (Å²) >= 11 is 0. The van der Waals surface area contributed by atoms with Crippen molar-refractivity contribution < 1.29 is 22.8 Å². The van der Waals surface area contributed by atoms with E-state index in [1.165, 1.54) is 11.1 Å². The first kappa shape index (κ1) is 33.5. The molecule has 1 aromatic heterocycles. The molecule has 11 heteroatoms. The number of likely N-dealkylation sites (N-methyl/N-ethyl adjacent to an activating group) is 1. The summed E-state index contributed by atoms with van der Waals surface area (Å²) in [5.74, 6) is -1.81. The number of carbonyl (C=O) groups is 2. The van der Waals surface area contributed by atoms with Crippen LogP contribution in [0.25, 0.3) is 0 Å². The van der Waals surface area contributed by atoms with Gasteiger partial charge in [0.2, 0.25) is 5.82 Å². The minimum absolute atomic E-state index is 0.0161. The van der Waals surface area contributed by atoms with Crippen LogP contribution in [0.3, 0.4) is 0 Å². The largest absolute Gasteiger partial charge is 0.433 e. The van der Waals surface area contributed by atoms with Crippen LogP contribution < -0.4 is 11.1 Å². The lowest BCUT2D eigenvalue weighted by Gasteiger charge is -2.34. The highest BCUT2D eigenvalue weighted by atomic mass is 19.4. The number of halogens is 3. The van der Waals surface area contributed by atoms with E-state index in [9.17, 15) is 22.8 Å². The second kappa shape index (κ2) is 17.1. The number of para-hydroxylation sites is 1. The number of alkyl halides is 3. The number of piperidine rings is 1. The minimum Gasteiger partial charge on any atom is -0.404 e. The van der Waals surface area contributed by atoms with E-state index in [1.807, 2.05) is 51.1 Å². The number of rotatable bonds is 6. The van der Waals surface area contributed by atoms with Crippen molar-refractivity contribution in [2.45, 2.75) is 46.3 Å². The molecule has 1 saturated heterocycles. The molecule has 3 rings (SSSR count). The van der Waals surface area contributed by atoms with E-state index < -0.39 is 35.6 Å². The molecule has 8 nitrogen and oxygen atoms in total. The quantitative estimate of drug-likeness (QED) is 0.440. The van der Waals surface area contributed by atoms with Gasteiger partial charge in [0, 0.05) is 30.9 Å². The Morgan fingerprint density at radius 2 is 1.88 bits per heavy atom. The number of amidine groups is 1. The molecule has 1 aromatic carbocycles. The lowest BCUT2D eigenvalue weighted by Crippen LogP contribution is -2.55. The van der Waals surface area contributed by atoms with Gasteiger partial charge >= 0.3 is 6.18 Å². The third-order valence-corrected chi connectivity index (χ3v) is 5.04. The summed E-state index contributed by atoms with van der Waals surface area (Å²) in [4.78, 5) is 38.1. The van der Waals surface area contributed by atoms with Crippen molar-refractivity contribution >= 4 is 23.3 Å². The minimum atomic E-state index is -4.73. The Morgan fingerprint density at radius 1 is 1.20 bits per heavy atom. The van der Waals surface area contributed by atoms with Gasteiger partial charge in [-0.3, -0.25) is 14.5 Å². The highest BCUT2D eigenvalue weighted by Crippen LogP contribution is 2.27. The number of likely N-dealkylation sites (tertiary alicyclic amines) is 1. The fourth-order valence-electron chi connectivity index (χ4n) is 3.28. The van der Waals surface area contributed by atoms with Crippen molar-refractivity contribution in [3.8, 4) is 0 Å². The number of benzene rings is 1. The zero-order valence-corrected chi connectivity index (χ0v) is 23.0. The highest BCUT2D eigenvalue weighted by molar-refractivity contribution is 6.13. The van der Waals surface area contributed by atoms with Gasteiger partial charge in [-0.2, -0.15) is 13.2 Å². The van der Waals surface area contributed by atoms with E-state index in [0.717, 1.165) is 6.20 Å². The molecular formula is C29H35F3N6O2. The van der Waals surface area contributed by atoms with Crippen LogP contribution in [-0.4, -0.2) is 45.1 Å². The van der Waals surface area contributed by atoms with Gasteiger partial charge in [-0.15, -0.1) is 0 Å². The number of nitrogens with two attached hydrogens (primary N) is 1. The standard InChI is InChI=1S/C20H19F3N6O2.C7H10.C2H6/c1-2-29-17(26-13-6-4-3-5-7-13)12(11-24)10-14(19(29)31)27-18(30)16-25-9-8-15(28-16)20(21,22)23;1-3-5-7-6-4-2;1-2/h3-9,11,14H,2,10,24H2,1H3,(H,27,30);3-7H,1H2,2H3;1-2H3/b12-11-,26-17?;6-4-,7-5-;. The highest BCUT2D eigenvalue weighted by Gasteiger charge is 2.37. The maximum atomic E-state index is 13.0. The fourth-order valence-corrected chi connectivity index (χ4v) is 3.28. The van der Waals surface area contributed by atoms with Crippen LogP contribution in [0.5, 0.6) is 0 Å². The van der Waals surface area contributed by atoms with Crippen LogP contribution in [0.15, 0.2) is 96.3 Å². The van der Waals surface area contributed by atoms with Gasteiger partial charge in [0.15, 0.2) is 0 Å². The Kier molecular flexibility index (Phi) is 14.3. The predicted octanol–water partition coefficient (Wildman–Crippen LogP) is 5.75. The maximum absolute atomic E-state index is 13.0. The Morgan fingerprint density at radius 3 is 2.42 bits per heavy atom. The molecule has 214 valence electrons. The van der Waals surface area contributed by atoms with Crippen molar-refractivity contribution in [3.63, 3.8) is 0 Å². The maximum Gasteiger partial charge on any atom is 0.433 e. The summed E-state index contributed by atoms with van der Waals surface area (Å²) in [6.45, 7) is 11.5. The summed E-state index contributed by atoms with van der Waals surface area (Å²) in [5, 5.41) is 2.40. The molecule has 2 aromatic rings. The number of allylic oxidation sites excluding steroid dienone is 5. The molecule has 40 heavy (non-hydrogen) atoms. The van der Waals surface area contributed by atoms with Crippen LogP contribution in [0.4, 0.5) is 18.9 Å². The van der Waals surface area contributed by atoms with Crippen LogP contribution >= 0.6 is 0 Å². The van der Waals surface area contributed by atoms with E-state index in [1.54, 1.807) is 37.3 Å². The summed E-state index contributed by atoms with van der Waals surface area (Å²) in [6.07, 6.45) is 6.92. The van der Waals surface area contributed by atoms with E-state index in [0.29, 0.717) is 23.2 Å². The van der Waals surface area contributed by atoms with Crippen molar-refractivity contribution in [2.75, 3.05) is 6.54 Å². The molecule has 0 spiro atoms. The first-order valence-corrected chi connectivity index (χ1v) is 12.6. The lowest BCUT2D eigenvalue weighted by atomic mass is 9.98. The SMILES string of the molecule is C=C/C=C\C=C/C.CC.CCN1C(=O)C(NC(=O)c2nccc(C(F)(F)F)n2)C/C(=C/N)C1=Nc1ccccc1. The first-order chi connectivity index (χ1) is 19.2. The molecular weight excluding hydrogens is 521 g/mol. The Bertz CT molecular complexity index is 1240. The van der Waals surface area contributed by atoms with Crippen molar-refractivity contribution in [1.82, 2.24) is 20.2 Å². The van der Waals surface area contributed by atoms with Crippen LogP contribution in [0.1, 0.15) is 50.4 Å². The number of aliphatic imine (C=N–C) groups is 1. The Balaban J connectivity index is 0.000000775. The van der Waals surface area contributed by atoms with Gasteiger partial charge in [0.05, 0.1) is 5.69 Å². The number of amides is 2. The van der Waals surface area contributed by atoms with Crippen LogP contribution in [0.2, 0.25) is 0 Å². The van der Waals surface area contributed by atoms with E-state index in [2.05, 4.69) is 26.9 Å². The van der Waals surface area contributed by atoms with E-state index in [4.69, 9.17) is 5.73 Å². The zero-order valence-electron chi connectivity index (χ0n) is 23.0. The summed E-state index contributed by atoms with van der Waals surface area (Å²) in [6, 6.07) is 8.54. The Labute approximate surface area is 232 Å². The van der Waals surface area contributed by atoms with Crippen LogP contribution in [0, 0.1) is 0 Å². The molecule has 2 amide bonds. The first-order valence-electron chi connectivity index (χ1n) is 12.6. The molecule has 1 aliphatic heterocycles. The second-order valence-electron chi connectivity index (χ2n) is 7.69. The number of nitrogens with one attached hydrogen (secondary N) is 1. The number of carbonyl (C=O) groups excluding carboxylic acids is 2. The molecule has 1 fully saturated rings. The van der Waals surface area contributed by atoms with Gasteiger partial charge in [0.1, 0.15) is 17.6 Å². The third kappa shape index (κ3) is 9.97. The number of hydrogen-bond acceptors (Lipinski definition) is 6. The van der Waals surface area contributed by atoms with E-state index >= 15 is 0 Å². The number of nitrogens with zero attached hydrogens (tertiary/aromatic N) is 4. The van der Waals surface area contributed by atoms with Gasteiger partial charge in [-0.05, 0) is 32.0 Å². The molecule has 1 aliphatic rings. The predicted molar refractivity (Wildman–Crippen MR) is 152 cm³/mol. The monoisotopic (exact) mass is 556 g/mol. The molecule has 3 N–H and O–H groups in total. The van der Waals surface area contributed by atoms with E-state index in [-0.39, 0.29) is 13.0 Å². The molecule has 1 atom stereocenters. The Hall–Kier alpha value is -4.54. The van der Waals surface area contributed by atoms with Gasteiger partial charge in [0.25, 0.3) is 11.8 Å². The molecule has 0 saturated carbocycles. The molecule has 2 heterocycles. The van der Waals surface area contributed by atoms with Gasteiger partial charge in [-0.1, -0.05) is 69.0 Å². The average Bonchev–Trinajstić information content (AvgIpc) is 2.96. The fraction of sp³-hybridized carbons (Fsp3) is 0.276. The third-order valence-electron chi connectivity index (χ3n) is 5.04. The topological polar surface area (TPSA) is 114 Å². The normalized spacial score (nSPS) is 17.3. The van der Waals surface area contributed by atoms with Gasteiger partial charge in [-0.25, -0.2) is 15.0 Å². The summed E-state index contributed by atoms with van der Waals surface area (Å²) < 4.78 is 38.6. The van der Waals surface area contributed by atoms with Gasteiger partial charge < -0.3 is 11.1 Å². The lowest BCUT2D eigenvalue weighted by molar-refractivity contribution is -0.141.